The van der Waals surface area contributed by atoms with Crippen molar-refractivity contribution >= 4 is 16.8 Å². The average molecular weight is 283 g/mol. The molecule has 1 aliphatic carbocycles. The summed E-state index contributed by atoms with van der Waals surface area (Å²) in [7, 11) is 0. The van der Waals surface area contributed by atoms with Gasteiger partial charge in [-0.25, -0.2) is 0 Å². The Morgan fingerprint density at radius 3 is 3.00 bits per heavy atom. The summed E-state index contributed by atoms with van der Waals surface area (Å²) in [4.78, 5) is 15.1. The van der Waals surface area contributed by atoms with Crippen molar-refractivity contribution in [1.29, 1.82) is 0 Å². The summed E-state index contributed by atoms with van der Waals surface area (Å²) >= 11 is 0. The van der Waals surface area contributed by atoms with E-state index < -0.39 is 0 Å². The van der Waals surface area contributed by atoms with Crippen LogP contribution in [-0.4, -0.2) is 29.8 Å². The Labute approximate surface area is 124 Å². The molecule has 2 aliphatic rings. The highest BCUT2D eigenvalue weighted by molar-refractivity contribution is 6.08. The number of rotatable bonds is 3. The number of carbonyl (C=O) groups is 1. The molecule has 2 aromatic rings. The van der Waals surface area contributed by atoms with E-state index >= 15 is 0 Å². The van der Waals surface area contributed by atoms with Crippen molar-refractivity contribution in [3.8, 4) is 0 Å². The lowest BCUT2D eigenvalue weighted by Crippen LogP contribution is -2.38. The Morgan fingerprint density at radius 2 is 2.05 bits per heavy atom. The van der Waals surface area contributed by atoms with Crippen LogP contribution in [-0.2, 0) is 0 Å². The second kappa shape index (κ2) is 5.30. The molecule has 0 spiro atoms. The Balaban J connectivity index is 1.53. The molecule has 1 saturated heterocycles. The summed E-state index contributed by atoms with van der Waals surface area (Å²) < 4.78 is 5.50. The van der Waals surface area contributed by atoms with Gasteiger partial charge < -0.3 is 4.42 Å². The quantitative estimate of drug-likeness (QED) is 0.802. The number of nitrogens with zero attached hydrogens (tertiary/aromatic N) is 1. The van der Waals surface area contributed by atoms with Gasteiger partial charge in [-0.3, -0.25) is 9.69 Å². The lowest BCUT2D eigenvalue weighted by molar-refractivity contribution is 0.0896. The molecule has 2 fully saturated rings. The SMILES string of the molecule is O=C(CN1CCC2CCCCC21)c1coc2ccccc12. The first kappa shape index (κ1) is 13.1. The summed E-state index contributed by atoms with van der Waals surface area (Å²) in [6.07, 6.45) is 8.20. The fraction of sp³-hybridized carbons (Fsp3) is 0.500. The number of Topliss-reactive ketones (excluding diaryl/α,β-unsaturated/α-hetero) is 1. The monoisotopic (exact) mass is 283 g/mol. The molecule has 1 aromatic carbocycles. The lowest BCUT2D eigenvalue weighted by Gasteiger charge is -2.31. The van der Waals surface area contributed by atoms with Gasteiger partial charge in [0.25, 0.3) is 0 Å². The fourth-order valence-corrected chi connectivity index (χ4v) is 4.16. The molecule has 1 saturated carbocycles. The van der Waals surface area contributed by atoms with E-state index in [1.165, 1.54) is 32.1 Å². The Hall–Kier alpha value is -1.61. The van der Waals surface area contributed by atoms with Crippen LogP contribution in [0.4, 0.5) is 0 Å². The van der Waals surface area contributed by atoms with E-state index in [2.05, 4.69) is 4.90 Å². The van der Waals surface area contributed by atoms with E-state index in [-0.39, 0.29) is 5.78 Å². The van der Waals surface area contributed by atoms with Gasteiger partial charge in [0.2, 0.25) is 0 Å². The van der Waals surface area contributed by atoms with E-state index in [0.29, 0.717) is 12.6 Å². The lowest BCUT2D eigenvalue weighted by atomic mass is 9.85. The van der Waals surface area contributed by atoms with Crippen LogP contribution in [0.5, 0.6) is 0 Å². The van der Waals surface area contributed by atoms with Gasteiger partial charge in [-0.1, -0.05) is 31.0 Å². The third-order valence-corrected chi connectivity index (χ3v) is 5.25. The average Bonchev–Trinajstić information content (AvgIpc) is 3.12. The summed E-state index contributed by atoms with van der Waals surface area (Å²) in [5.74, 6) is 1.03. The predicted molar refractivity (Wildman–Crippen MR) is 82.5 cm³/mol. The minimum atomic E-state index is 0.200. The normalized spacial score (nSPS) is 26.1. The van der Waals surface area contributed by atoms with Crippen LogP contribution in [0.2, 0.25) is 0 Å². The zero-order valence-electron chi connectivity index (χ0n) is 12.3. The maximum atomic E-state index is 12.6. The maximum Gasteiger partial charge on any atom is 0.180 e. The Morgan fingerprint density at radius 1 is 1.19 bits per heavy atom. The van der Waals surface area contributed by atoms with E-state index in [0.717, 1.165) is 29.0 Å². The maximum absolute atomic E-state index is 12.6. The second-order valence-corrected chi connectivity index (χ2v) is 6.44. The number of carbonyl (C=O) groups excluding carboxylic acids is 1. The molecule has 0 radical (unpaired) electrons. The molecule has 2 heterocycles. The standard InChI is InChI=1S/C18H21NO2/c20-17(15-12-21-18-8-4-2-6-14(15)18)11-19-10-9-13-5-1-3-7-16(13)19/h2,4,6,8,12-13,16H,1,3,5,7,9-11H2. The van der Waals surface area contributed by atoms with E-state index in [1.54, 1.807) is 6.26 Å². The molecular weight excluding hydrogens is 262 g/mol. The third kappa shape index (κ3) is 2.30. The summed E-state index contributed by atoms with van der Waals surface area (Å²) in [6, 6.07) is 8.42. The number of likely N-dealkylation sites (tertiary alicyclic amines) is 1. The van der Waals surface area contributed by atoms with Crippen LogP contribution in [0, 0.1) is 5.92 Å². The van der Waals surface area contributed by atoms with E-state index in [4.69, 9.17) is 4.42 Å². The second-order valence-electron chi connectivity index (χ2n) is 6.44. The minimum Gasteiger partial charge on any atom is -0.464 e. The van der Waals surface area contributed by atoms with Crippen molar-refractivity contribution in [1.82, 2.24) is 4.90 Å². The highest BCUT2D eigenvalue weighted by Gasteiger charge is 2.36. The summed E-state index contributed by atoms with van der Waals surface area (Å²) in [5, 5.41) is 0.946. The number of ketones is 1. The number of furan rings is 1. The van der Waals surface area contributed by atoms with Crippen molar-refractivity contribution < 1.29 is 9.21 Å². The van der Waals surface area contributed by atoms with Crippen LogP contribution in [0.15, 0.2) is 34.9 Å². The van der Waals surface area contributed by atoms with Gasteiger partial charge in [0.05, 0.1) is 12.1 Å². The molecule has 110 valence electrons. The molecule has 21 heavy (non-hydrogen) atoms. The van der Waals surface area contributed by atoms with Crippen LogP contribution >= 0.6 is 0 Å². The van der Waals surface area contributed by atoms with Gasteiger partial charge in [0.1, 0.15) is 11.8 Å². The zero-order valence-corrected chi connectivity index (χ0v) is 12.3. The molecule has 4 rings (SSSR count). The predicted octanol–water partition coefficient (Wildman–Crippen LogP) is 3.88. The molecule has 3 nitrogen and oxygen atoms in total. The van der Waals surface area contributed by atoms with Crippen molar-refractivity contribution in [2.75, 3.05) is 13.1 Å². The van der Waals surface area contributed by atoms with Gasteiger partial charge in [-0.15, -0.1) is 0 Å². The van der Waals surface area contributed by atoms with Crippen molar-refractivity contribution in [2.24, 2.45) is 5.92 Å². The molecule has 3 heteroatoms. The zero-order chi connectivity index (χ0) is 14.2. The Kier molecular flexibility index (Phi) is 3.30. The molecule has 0 amide bonds. The molecule has 2 unspecified atom stereocenters. The minimum absolute atomic E-state index is 0.200. The molecule has 0 bridgehead atoms. The summed E-state index contributed by atoms with van der Waals surface area (Å²) in [5.41, 5.74) is 1.54. The van der Waals surface area contributed by atoms with Gasteiger partial charge in [0.15, 0.2) is 5.78 Å². The molecule has 2 atom stereocenters. The smallest absolute Gasteiger partial charge is 0.180 e. The highest BCUT2D eigenvalue weighted by Crippen LogP contribution is 2.36. The van der Waals surface area contributed by atoms with E-state index in [9.17, 15) is 4.79 Å². The molecule has 1 aliphatic heterocycles. The first-order valence-corrected chi connectivity index (χ1v) is 8.06. The highest BCUT2D eigenvalue weighted by atomic mass is 16.3. The number of hydrogen-bond acceptors (Lipinski definition) is 3. The van der Waals surface area contributed by atoms with Gasteiger partial charge in [-0.2, -0.15) is 0 Å². The third-order valence-electron chi connectivity index (χ3n) is 5.25. The number of benzene rings is 1. The van der Waals surface area contributed by atoms with Crippen molar-refractivity contribution in [3.63, 3.8) is 0 Å². The summed E-state index contributed by atoms with van der Waals surface area (Å²) in [6.45, 7) is 1.63. The fourth-order valence-electron chi connectivity index (χ4n) is 4.16. The topological polar surface area (TPSA) is 33.5 Å². The number of fused-ring (bicyclic) bond motifs is 2. The van der Waals surface area contributed by atoms with Crippen LogP contribution in [0.1, 0.15) is 42.5 Å². The molecule has 1 aromatic heterocycles. The number of para-hydroxylation sites is 1. The van der Waals surface area contributed by atoms with Gasteiger partial charge in [-0.05, 0) is 37.8 Å². The first-order valence-electron chi connectivity index (χ1n) is 8.06. The molecule has 0 N–H and O–H groups in total. The largest absolute Gasteiger partial charge is 0.464 e. The van der Waals surface area contributed by atoms with E-state index in [1.807, 2.05) is 24.3 Å². The van der Waals surface area contributed by atoms with Gasteiger partial charge in [0, 0.05) is 11.4 Å². The van der Waals surface area contributed by atoms with Crippen LogP contribution in [0.25, 0.3) is 11.0 Å². The van der Waals surface area contributed by atoms with Crippen LogP contribution < -0.4 is 0 Å². The Bertz CT molecular complexity index is 660. The van der Waals surface area contributed by atoms with Gasteiger partial charge >= 0.3 is 0 Å². The number of hydrogen-bond donors (Lipinski definition) is 0. The van der Waals surface area contributed by atoms with Crippen molar-refractivity contribution in [3.05, 3.63) is 36.1 Å². The van der Waals surface area contributed by atoms with Crippen LogP contribution in [0.3, 0.4) is 0 Å². The van der Waals surface area contributed by atoms with Crippen molar-refractivity contribution in [2.45, 2.75) is 38.1 Å². The first-order chi connectivity index (χ1) is 10.3. The molecular formula is C18H21NO2.